The summed E-state index contributed by atoms with van der Waals surface area (Å²) in [4.78, 5) is 35.9. The van der Waals surface area contributed by atoms with Gasteiger partial charge in [0.1, 0.15) is 0 Å². The smallest absolute Gasteiger partial charge is 0.237 e. The van der Waals surface area contributed by atoms with Crippen molar-refractivity contribution in [3.05, 3.63) is 0 Å². The second kappa shape index (κ2) is 9.45. The molecular weight excluding hydrogens is 341 g/mol. The van der Waals surface area contributed by atoms with Gasteiger partial charge in [-0.05, 0) is 31.6 Å². The normalized spacial score (nSPS) is 23.2. The van der Waals surface area contributed by atoms with Gasteiger partial charge < -0.3 is 16.4 Å². The average Bonchev–Trinajstić information content (AvgIpc) is 3.31. The van der Waals surface area contributed by atoms with Gasteiger partial charge in [-0.2, -0.15) is 0 Å². The third kappa shape index (κ3) is 6.28. The highest BCUT2D eigenvalue weighted by Gasteiger charge is 2.32. The molecule has 1 aliphatic carbocycles. The van der Waals surface area contributed by atoms with Crippen LogP contribution in [0.5, 0.6) is 0 Å². The van der Waals surface area contributed by atoms with Gasteiger partial charge in [-0.25, -0.2) is 0 Å². The summed E-state index contributed by atoms with van der Waals surface area (Å²) in [6.07, 6.45) is 4.78. The van der Waals surface area contributed by atoms with Gasteiger partial charge in [-0.3, -0.25) is 14.4 Å². The Bertz CT molecular complexity index is 444. The predicted octanol–water partition coefficient (Wildman–Crippen LogP) is 0.745. The molecule has 2 aliphatic rings. The van der Waals surface area contributed by atoms with Crippen LogP contribution < -0.4 is 16.4 Å². The summed E-state index contributed by atoms with van der Waals surface area (Å²) >= 11 is 5.63. The van der Waals surface area contributed by atoms with Crippen molar-refractivity contribution >= 4 is 41.6 Å². The van der Waals surface area contributed by atoms with Crippen LogP contribution in [0.2, 0.25) is 0 Å². The molecule has 2 unspecified atom stereocenters. The fourth-order valence-corrected chi connectivity index (χ4v) is 2.99. The Morgan fingerprint density at radius 3 is 2.57 bits per heavy atom. The van der Waals surface area contributed by atoms with Gasteiger partial charge in [-0.1, -0.05) is 12.8 Å². The van der Waals surface area contributed by atoms with E-state index in [9.17, 15) is 14.4 Å². The van der Waals surface area contributed by atoms with Crippen molar-refractivity contribution in [1.82, 2.24) is 10.6 Å². The first kappa shape index (κ1) is 20.2. The highest BCUT2D eigenvalue weighted by atomic mass is 35.5. The fraction of sp³-hybridized carbons (Fsp3) is 0.800. The number of Topliss-reactive ketones (excluding diaryl/α,β-unsaturated/α-hetero) is 1. The molecule has 3 atom stereocenters. The van der Waals surface area contributed by atoms with Crippen LogP contribution in [0.1, 0.15) is 38.5 Å². The van der Waals surface area contributed by atoms with Crippen molar-refractivity contribution in [2.24, 2.45) is 17.6 Å². The van der Waals surface area contributed by atoms with Crippen molar-refractivity contribution in [3.63, 3.8) is 0 Å². The van der Waals surface area contributed by atoms with Crippen LogP contribution >= 0.6 is 24.0 Å². The lowest BCUT2D eigenvalue weighted by atomic mass is 9.90. The van der Waals surface area contributed by atoms with E-state index in [0.29, 0.717) is 25.3 Å². The molecule has 2 fully saturated rings. The number of hydrogen-bond acceptors (Lipinski definition) is 4. The van der Waals surface area contributed by atoms with Crippen molar-refractivity contribution < 1.29 is 14.4 Å². The summed E-state index contributed by atoms with van der Waals surface area (Å²) in [6.45, 7) is 0.669. The van der Waals surface area contributed by atoms with Crippen LogP contribution in [-0.2, 0) is 14.4 Å². The van der Waals surface area contributed by atoms with Gasteiger partial charge in [0.05, 0.1) is 18.0 Å². The van der Waals surface area contributed by atoms with Crippen molar-refractivity contribution in [3.8, 4) is 0 Å². The molecular formula is C15H25Cl2N3O3. The van der Waals surface area contributed by atoms with E-state index in [1.807, 2.05) is 0 Å². The minimum Gasteiger partial charge on any atom is -0.356 e. The number of carbonyl (C=O) groups is 3. The van der Waals surface area contributed by atoms with E-state index in [2.05, 4.69) is 10.6 Å². The van der Waals surface area contributed by atoms with E-state index in [-0.39, 0.29) is 41.8 Å². The maximum atomic E-state index is 12.1. The van der Waals surface area contributed by atoms with Gasteiger partial charge in [0, 0.05) is 12.5 Å². The molecule has 1 saturated carbocycles. The van der Waals surface area contributed by atoms with Crippen LogP contribution in [0, 0.1) is 11.8 Å². The fourth-order valence-electron chi connectivity index (χ4n) is 2.81. The van der Waals surface area contributed by atoms with E-state index in [4.69, 9.17) is 17.3 Å². The minimum atomic E-state index is -0.732. The molecule has 23 heavy (non-hydrogen) atoms. The zero-order valence-electron chi connectivity index (χ0n) is 13.1. The molecule has 0 radical (unpaired) electrons. The Morgan fingerprint density at radius 2 is 2.00 bits per heavy atom. The zero-order chi connectivity index (χ0) is 16.1. The Morgan fingerprint density at radius 1 is 1.30 bits per heavy atom. The van der Waals surface area contributed by atoms with E-state index < -0.39 is 12.1 Å². The highest BCUT2D eigenvalue weighted by molar-refractivity contribution is 6.28. The molecule has 0 aromatic rings. The van der Waals surface area contributed by atoms with E-state index in [0.717, 1.165) is 25.7 Å². The van der Waals surface area contributed by atoms with Crippen LogP contribution in [0.25, 0.3) is 0 Å². The summed E-state index contributed by atoms with van der Waals surface area (Å²) < 4.78 is 0. The Balaban J connectivity index is 0.00000264. The minimum absolute atomic E-state index is 0. The van der Waals surface area contributed by atoms with Crippen LogP contribution in [-0.4, -0.2) is 42.1 Å². The van der Waals surface area contributed by atoms with Gasteiger partial charge in [-0.15, -0.1) is 24.0 Å². The third-order valence-corrected chi connectivity index (χ3v) is 4.64. The molecule has 2 amide bonds. The van der Waals surface area contributed by atoms with E-state index >= 15 is 0 Å². The van der Waals surface area contributed by atoms with E-state index in [1.165, 1.54) is 0 Å². The topological polar surface area (TPSA) is 101 Å². The first-order valence-electron chi connectivity index (χ1n) is 7.93. The average molecular weight is 366 g/mol. The molecule has 4 N–H and O–H groups in total. The quantitative estimate of drug-likeness (QED) is 0.552. The van der Waals surface area contributed by atoms with Crippen molar-refractivity contribution in [2.45, 2.75) is 50.6 Å². The number of nitrogens with one attached hydrogen (secondary N) is 2. The number of ketones is 1. The molecule has 1 saturated heterocycles. The maximum absolute atomic E-state index is 12.1. The lowest BCUT2D eigenvalue weighted by Gasteiger charge is -2.26. The zero-order valence-corrected chi connectivity index (χ0v) is 14.6. The monoisotopic (exact) mass is 365 g/mol. The number of halogens is 2. The molecule has 0 bridgehead atoms. The molecule has 1 aliphatic heterocycles. The maximum Gasteiger partial charge on any atom is 0.237 e. The second-order valence-corrected chi connectivity index (χ2v) is 6.58. The lowest BCUT2D eigenvalue weighted by molar-refractivity contribution is -0.130. The summed E-state index contributed by atoms with van der Waals surface area (Å²) in [5.41, 5.74) is 5.87. The molecule has 6 nitrogen and oxygen atoms in total. The second-order valence-electron chi connectivity index (χ2n) is 6.31. The Labute approximate surface area is 147 Å². The molecule has 1 heterocycles. The van der Waals surface area contributed by atoms with Gasteiger partial charge in [0.25, 0.3) is 0 Å². The van der Waals surface area contributed by atoms with Crippen LogP contribution in [0.4, 0.5) is 0 Å². The van der Waals surface area contributed by atoms with Gasteiger partial charge in [0.15, 0.2) is 5.78 Å². The number of hydrogen-bond donors (Lipinski definition) is 3. The summed E-state index contributed by atoms with van der Waals surface area (Å²) in [5.74, 6) is -0.566. The third-order valence-electron chi connectivity index (χ3n) is 4.38. The highest BCUT2D eigenvalue weighted by Crippen LogP contribution is 2.33. The number of nitrogens with two attached hydrogens (primary N) is 1. The number of rotatable bonds is 8. The largest absolute Gasteiger partial charge is 0.356 e. The van der Waals surface area contributed by atoms with Gasteiger partial charge >= 0.3 is 0 Å². The van der Waals surface area contributed by atoms with Crippen LogP contribution in [0.15, 0.2) is 0 Å². The molecule has 0 aromatic heterocycles. The molecule has 132 valence electrons. The van der Waals surface area contributed by atoms with Crippen LogP contribution in [0.3, 0.4) is 0 Å². The predicted molar refractivity (Wildman–Crippen MR) is 90.6 cm³/mol. The first-order chi connectivity index (χ1) is 10.5. The molecule has 0 spiro atoms. The Hall–Kier alpha value is -0.850. The SMILES string of the molecule is Cl.NC(CC1CC1)C(=O)NC(C[C@@H]1CCCNC1=O)C(=O)CCl. The number of carbonyl (C=O) groups excluding carboxylic acids is 3. The molecule has 8 heteroatoms. The number of alkyl halides is 1. The van der Waals surface area contributed by atoms with Crippen molar-refractivity contribution in [2.75, 3.05) is 12.4 Å². The van der Waals surface area contributed by atoms with E-state index in [1.54, 1.807) is 0 Å². The Kier molecular flexibility index (Phi) is 8.29. The van der Waals surface area contributed by atoms with Crippen molar-refractivity contribution in [1.29, 1.82) is 0 Å². The number of amides is 2. The summed E-state index contributed by atoms with van der Waals surface area (Å²) in [6, 6.07) is -1.33. The summed E-state index contributed by atoms with van der Waals surface area (Å²) in [7, 11) is 0. The first-order valence-corrected chi connectivity index (χ1v) is 8.47. The standard InChI is InChI=1S/C15H24ClN3O3.ClH/c16-8-13(20)12(7-10-2-1-5-18-14(10)21)19-15(22)11(17)6-9-3-4-9;/h9-12H,1-8,17H2,(H,18,21)(H,19,22);1H/t10-,11?,12?;/m0./s1. The van der Waals surface area contributed by atoms with Gasteiger partial charge in [0.2, 0.25) is 11.8 Å². The molecule has 2 rings (SSSR count). The molecule has 0 aromatic carbocycles. The number of piperidine rings is 1. The lowest BCUT2D eigenvalue weighted by Crippen LogP contribution is -2.51. The summed E-state index contributed by atoms with van der Waals surface area (Å²) in [5, 5.41) is 5.47.